The molecule has 0 saturated heterocycles. The lowest BCUT2D eigenvalue weighted by molar-refractivity contribution is 0.104. The van der Waals surface area contributed by atoms with Crippen molar-refractivity contribution in [3.63, 3.8) is 0 Å². The van der Waals surface area contributed by atoms with Crippen molar-refractivity contribution in [3.05, 3.63) is 70.8 Å². The van der Waals surface area contributed by atoms with E-state index in [2.05, 4.69) is 0 Å². The Balaban J connectivity index is 2.09. The predicted molar refractivity (Wildman–Crippen MR) is 85.6 cm³/mol. The summed E-state index contributed by atoms with van der Waals surface area (Å²) in [6, 6.07) is 14.9. The van der Waals surface area contributed by atoms with Crippen LogP contribution >= 0.6 is 11.6 Å². The molecule has 0 bridgehead atoms. The van der Waals surface area contributed by atoms with Crippen LogP contribution in [0.4, 0.5) is 5.69 Å². The van der Waals surface area contributed by atoms with E-state index < -0.39 is 0 Å². The van der Waals surface area contributed by atoms with Gasteiger partial charge in [0.05, 0.1) is 0 Å². The van der Waals surface area contributed by atoms with Gasteiger partial charge in [0.2, 0.25) is 0 Å². The monoisotopic (exact) mass is 285 g/mol. The minimum Gasteiger partial charge on any atom is -0.378 e. The van der Waals surface area contributed by atoms with E-state index in [1.807, 2.05) is 55.4 Å². The average Bonchev–Trinajstić information content (AvgIpc) is 2.46. The van der Waals surface area contributed by atoms with E-state index in [4.69, 9.17) is 11.6 Å². The van der Waals surface area contributed by atoms with Crippen LogP contribution < -0.4 is 4.90 Å². The molecular formula is C17H16ClNO. The van der Waals surface area contributed by atoms with E-state index in [1.54, 1.807) is 24.3 Å². The molecular weight excluding hydrogens is 270 g/mol. The van der Waals surface area contributed by atoms with Crippen LogP contribution in [0.15, 0.2) is 54.6 Å². The summed E-state index contributed by atoms with van der Waals surface area (Å²) in [6.45, 7) is 0. The molecule has 0 N–H and O–H groups in total. The zero-order valence-corrected chi connectivity index (χ0v) is 12.3. The maximum absolute atomic E-state index is 12.0. The third-order valence-corrected chi connectivity index (χ3v) is 3.22. The van der Waals surface area contributed by atoms with E-state index in [-0.39, 0.29) is 5.78 Å². The number of nitrogens with zero attached hydrogens (tertiary/aromatic N) is 1. The topological polar surface area (TPSA) is 20.3 Å². The first-order valence-electron chi connectivity index (χ1n) is 6.31. The van der Waals surface area contributed by atoms with Crippen LogP contribution in [0.2, 0.25) is 5.02 Å². The van der Waals surface area contributed by atoms with E-state index in [1.165, 1.54) is 0 Å². The normalized spacial score (nSPS) is 10.8. The molecule has 0 atom stereocenters. The van der Waals surface area contributed by atoms with Crippen LogP contribution in [-0.2, 0) is 0 Å². The van der Waals surface area contributed by atoms with E-state index in [0.717, 1.165) is 11.3 Å². The predicted octanol–water partition coefficient (Wildman–Crippen LogP) is 4.30. The summed E-state index contributed by atoms with van der Waals surface area (Å²) in [5.41, 5.74) is 2.71. The highest BCUT2D eigenvalue weighted by Crippen LogP contribution is 2.14. The SMILES string of the molecule is CN(C)c1ccc(C(=O)/C=C/c2ccc(Cl)cc2)cc1. The molecule has 0 saturated carbocycles. The number of rotatable bonds is 4. The summed E-state index contributed by atoms with van der Waals surface area (Å²) in [5.74, 6) is -0.00902. The molecule has 0 heterocycles. The summed E-state index contributed by atoms with van der Waals surface area (Å²) >= 11 is 5.82. The highest BCUT2D eigenvalue weighted by Gasteiger charge is 2.02. The van der Waals surface area contributed by atoms with Gasteiger partial charge in [0.15, 0.2) is 5.78 Å². The summed E-state index contributed by atoms with van der Waals surface area (Å²) in [7, 11) is 3.94. The van der Waals surface area contributed by atoms with Crippen LogP contribution in [0.25, 0.3) is 6.08 Å². The van der Waals surface area contributed by atoms with Crippen molar-refractivity contribution in [2.24, 2.45) is 0 Å². The van der Waals surface area contributed by atoms with Crippen LogP contribution in [0.3, 0.4) is 0 Å². The first-order chi connectivity index (χ1) is 9.56. The van der Waals surface area contributed by atoms with Gasteiger partial charge in [0.1, 0.15) is 0 Å². The summed E-state index contributed by atoms with van der Waals surface area (Å²) < 4.78 is 0. The number of halogens is 1. The number of anilines is 1. The smallest absolute Gasteiger partial charge is 0.185 e. The first-order valence-corrected chi connectivity index (χ1v) is 6.69. The van der Waals surface area contributed by atoms with Crippen molar-refractivity contribution in [2.45, 2.75) is 0 Å². The molecule has 102 valence electrons. The Hall–Kier alpha value is -2.06. The summed E-state index contributed by atoms with van der Waals surface area (Å²) in [4.78, 5) is 14.0. The number of allylic oxidation sites excluding steroid dienone is 1. The van der Waals surface area contributed by atoms with Gasteiger partial charge in [0.25, 0.3) is 0 Å². The molecule has 0 amide bonds. The van der Waals surface area contributed by atoms with Gasteiger partial charge in [-0.1, -0.05) is 29.8 Å². The van der Waals surface area contributed by atoms with Gasteiger partial charge in [-0.2, -0.15) is 0 Å². The molecule has 3 heteroatoms. The fourth-order valence-corrected chi connectivity index (χ4v) is 1.89. The Labute approximate surface area is 124 Å². The molecule has 0 aliphatic rings. The Bertz CT molecular complexity index is 612. The standard InChI is InChI=1S/C17H16ClNO/c1-19(2)16-10-6-14(7-11-16)17(20)12-5-13-3-8-15(18)9-4-13/h3-12H,1-2H3/b12-5+. The van der Waals surface area contributed by atoms with E-state index >= 15 is 0 Å². The minimum absolute atomic E-state index is 0.00902. The minimum atomic E-state index is -0.00902. The molecule has 0 unspecified atom stereocenters. The summed E-state index contributed by atoms with van der Waals surface area (Å²) in [6.07, 6.45) is 3.37. The molecule has 2 nitrogen and oxygen atoms in total. The first kappa shape index (κ1) is 14.4. The van der Waals surface area contributed by atoms with Crippen molar-refractivity contribution in [2.75, 3.05) is 19.0 Å². The van der Waals surface area contributed by atoms with E-state index in [9.17, 15) is 4.79 Å². The van der Waals surface area contributed by atoms with Crippen molar-refractivity contribution in [1.29, 1.82) is 0 Å². The molecule has 0 aromatic heterocycles. The molecule has 20 heavy (non-hydrogen) atoms. The van der Waals surface area contributed by atoms with Gasteiger partial charge in [-0.25, -0.2) is 0 Å². The Morgan fingerprint density at radius 3 is 2.15 bits per heavy atom. The quantitative estimate of drug-likeness (QED) is 0.616. The number of benzene rings is 2. The molecule has 2 rings (SSSR count). The second kappa shape index (κ2) is 6.40. The van der Waals surface area contributed by atoms with Gasteiger partial charge >= 0.3 is 0 Å². The van der Waals surface area contributed by atoms with Crippen molar-refractivity contribution < 1.29 is 4.79 Å². The van der Waals surface area contributed by atoms with Crippen LogP contribution in [-0.4, -0.2) is 19.9 Å². The van der Waals surface area contributed by atoms with Gasteiger partial charge in [0, 0.05) is 30.4 Å². The number of carbonyl (C=O) groups is 1. The largest absolute Gasteiger partial charge is 0.378 e. The second-order valence-corrected chi connectivity index (χ2v) is 5.13. The molecule has 0 radical (unpaired) electrons. The van der Waals surface area contributed by atoms with Gasteiger partial charge in [-0.05, 0) is 48.0 Å². The number of carbonyl (C=O) groups excluding carboxylic acids is 1. The summed E-state index contributed by atoms with van der Waals surface area (Å²) in [5, 5.41) is 0.688. The lowest BCUT2D eigenvalue weighted by atomic mass is 10.1. The van der Waals surface area contributed by atoms with Crippen LogP contribution in [0, 0.1) is 0 Å². The fourth-order valence-electron chi connectivity index (χ4n) is 1.77. The third-order valence-electron chi connectivity index (χ3n) is 2.97. The lowest BCUT2D eigenvalue weighted by Crippen LogP contribution is -2.08. The van der Waals surface area contributed by atoms with Crippen molar-refractivity contribution in [1.82, 2.24) is 0 Å². The average molecular weight is 286 g/mol. The molecule has 0 fully saturated rings. The third kappa shape index (κ3) is 3.72. The van der Waals surface area contributed by atoms with Crippen LogP contribution in [0.5, 0.6) is 0 Å². The van der Waals surface area contributed by atoms with Gasteiger partial charge < -0.3 is 4.90 Å². The zero-order chi connectivity index (χ0) is 14.5. The zero-order valence-electron chi connectivity index (χ0n) is 11.5. The van der Waals surface area contributed by atoms with Crippen LogP contribution in [0.1, 0.15) is 15.9 Å². The number of hydrogen-bond acceptors (Lipinski definition) is 2. The fraction of sp³-hybridized carbons (Fsp3) is 0.118. The van der Waals surface area contributed by atoms with Gasteiger partial charge in [-0.15, -0.1) is 0 Å². The van der Waals surface area contributed by atoms with Crippen molar-refractivity contribution >= 4 is 29.1 Å². The molecule has 2 aromatic carbocycles. The number of hydrogen-bond donors (Lipinski definition) is 0. The highest BCUT2D eigenvalue weighted by molar-refractivity contribution is 6.30. The lowest BCUT2D eigenvalue weighted by Gasteiger charge is -2.11. The van der Waals surface area contributed by atoms with E-state index in [0.29, 0.717) is 10.6 Å². The Kier molecular flexibility index (Phi) is 4.59. The maximum Gasteiger partial charge on any atom is 0.185 e. The molecule has 0 aliphatic carbocycles. The molecule has 2 aromatic rings. The highest BCUT2D eigenvalue weighted by atomic mass is 35.5. The molecule has 0 aliphatic heterocycles. The second-order valence-electron chi connectivity index (χ2n) is 4.69. The Morgan fingerprint density at radius 1 is 1.00 bits per heavy atom. The molecule has 0 spiro atoms. The van der Waals surface area contributed by atoms with Gasteiger partial charge in [-0.3, -0.25) is 4.79 Å². The van der Waals surface area contributed by atoms with Crippen molar-refractivity contribution in [3.8, 4) is 0 Å². The number of ketones is 1. The maximum atomic E-state index is 12.0. The Morgan fingerprint density at radius 2 is 1.60 bits per heavy atom.